The maximum Gasteiger partial charge on any atom is 0.0901 e. The predicted octanol–water partition coefficient (Wildman–Crippen LogP) is 0.102. The first-order chi connectivity index (χ1) is 6.97. The van der Waals surface area contributed by atoms with Crippen molar-refractivity contribution in [3.05, 3.63) is 23.5 Å². The minimum absolute atomic E-state index is 0.991. The Hall–Kier alpha value is -1.26. The van der Waals surface area contributed by atoms with Crippen molar-refractivity contribution >= 4 is 12.4 Å². The molecule has 3 aliphatic rings. The molecule has 3 heterocycles. The molecule has 0 unspecified atom stereocenters. The minimum atomic E-state index is 0.991. The van der Waals surface area contributed by atoms with Crippen LogP contribution >= 0.6 is 0 Å². The highest BCUT2D eigenvalue weighted by Gasteiger charge is 2.07. The van der Waals surface area contributed by atoms with Crippen molar-refractivity contribution in [1.82, 2.24) is 10.6 Å². The Labute approximate surface area is 83.5 Å². The lowest BCUT2D eigenvalue weighted by Gasteiger charge is -2.11. The molecule has 3 aliphatic heterocycles. The first-order valence-corrected chi connectivity index (χ1v) is 4.87. The Bertz CT molecular complexity index is 271. The van der Waals surface area contributed by atoms with Crippen molar-refractivity contribution in [3.8, 4) is 0 Å². The van der Waals surface area contributed by atoms with Gasteiger partial charge in [-0.25, -0.2) is 0 Å². The van der Waals surface area contributed by atoms with E-state index >= 15 is 0 Å². The number of aliphatic imine (C=N–C) groups is 2. The van der Waals surface area contributed by atoms with Crippen LogP contribution in [0.1, 0.15) is 0 Å². The van der Waals surface area contributed by atoms with Gasteiger partial charge in [0.05, 0.1) is 11.4 Å². The van der Waals surface area contributed by atoms with Crippen molar-refractivity contribution in [2.45, 2.75) is 0 Å². The summed E-state index contributed by atoms with van der Waals surface area (Å²) in [5.41, 5.74) is 1.98. The van der Waals surface area contributed by atoms with Crippen molar-refractivity contribution in [3.63, 3.8) is 0 Å². The molecule has 0 saturated carbocycles. The molecule has 0 amide bonds. The summed E-state index contributed by atoms with van der Waals surface area (Å²) in [4.78, 5) is 8.03. The third-order valence-electron chi connectivity index (χ3n) is 2.11. The van der Waals surface area contributed by atoms with E-state index in [-0.39, 0.29) is 0 Å². The summed E-state index contributed by atoms with van der Waals surface area (Å²) in [6, 6.07) is 0. The molecule has 0 bridgehead atoms. The normalized spacial score (nSPS) is 22.3. The summed E-state index contributed by atoms with van der Waals surface area (Å²) < 4.78 is 0. The number of nitrogens with one attached hydrogen (secondary N) is 2. The van der Waals surface area contributed by atoms with Gasteiger partial charge in [-0.2, -0.15) is 0 Å². The molecule has 1 fully saturated rings. The van der Waals surface area contributed by atoms with Gasteiger partial charge in [0.1, 0.15) is 0 Å². The van der Waals surface area contributed by atoms with Crippen molar-refractivity contribution in [2.24, 2.45) is 9.98 Å². The molecule has 1 saturated heterocycles. The molecule has 2 N–H and O–H groups in total. The molecule has 0 atom stereocenters. The predicted molar refractivity (Wildman–Crippen MR) is 58.9 cm³/mol. The molecular formula is C10H14N4. The molecule has 4 heteroatoms. The molecule has 0 spiro atoms. The average Bonchev–Trinajstić information content (AvgIpc) is 2.82. The first kappa shape index (κ1) is 9.30. The Morgan fingerprint density at radius 3 is 1.57 bits per heavy atom. The second-order valence-electron chi connectivity index (χ2n) is 3.16. The molecular weight excluding hydrogens is 176 g/mol. The van der Waals surface area contributed by atoms with Gasteiger partial charge < -0.3 is 10.6 Å². The lowest BCUT2D eigenvalue weighted by molar-refractivity contribution is 0.534. The molecule has 3 rings (SSSR count). The van der Waals surface area contributed by atoms with Crippen LogP contribution in [0, 0.1) is 0 Å². The second kappa shape index (κ2) is 4.83. The molecule has 0 aliphatic carbocycles. The van der Waals surface area contributed by atoms with Gasteiger partial charge in [0.15, 0.2) is 0 Å². The monoisotopic (exact) mass is 190 g/mol. The van der Waals surface area contributed by atoms with Crippen LogP contribution in [0.15, 0.2) is 33.5 Å². The van der Waals surface area contributed by atoms with E-state index in [1.165, 1.54) is 0 Å². The van der Waals surface area contributed by atoms with E-state index in [9.17, 15) is 0 Å². The summed E-state index contributed by atoms with van der Waals surface area (Å²) in [7, 11) is 0. The highest BCUT2D eigenvalue weighted by molar-refractivity contribution is 5.88. The molecule has 0 aromatic rings. The van der Waals surface area contributed by atoms with Crippen LogP contribution in [0.4, 0.5) is 0 Å². The number of hydrogen-bond donors (Lipinski definition) is 2. The molecule has 14 heavy (non-hydrogen) atoms. The number of rotatable bonds is 0. The fourth-order valence-corrected chi connectivity index (χ4v) is 1.37. The zero-order valence-corrected chi connectivity index (χ0v) is 8.03. The number of nitrogens with zero attached hydrogens (tertiary/aromatic N) is 2. The fraction of sp³-hybridized carbons (Fsp3) is 0.400. The van der Waals surface area contributed by atoms with Gasteiger partial charge in [0.2, 0.25) is 0 Å². The van der Waals surface area contributed by atoms with E-state index in [1.807, 2.05) is 12.2 Å². The number of piperazine rings is 1. The molecule has 0 radical (unpaired) electrons. The van der Waals surface area contributed by atoms with Crippen molar-refractivity contribution < 1.29 is 0 Å². The smallest absolute Gasteiger partial charge is 0.0901 e. The lowest BCUT2D eigenvalue weighted by Crippen LogP contribution is -2.39. The first-order valence-electron chi connectivity index (χ1n) is 4.87. The fourth-order valence-electron chi connectivity index (χ4n) is 1.37. The van der Waals surface area contributed by atoms with Crippen LogP contribution in [0.2, 0.25) is 0 Å². The molecule has 0 aromatic carbocycles. The third-order valence-corrected chi connectivity index (χ3v) is 2.11. The Morgan fingerprint density at radius 2 is 1.21 bits per heavy atom. The average molecular weight is 190 g/mol. The van der Waals surface area contributed by atoms with E-state index in [4.69, 9.17) is 0 Å². The molecule has 4 nitrogen and oxygen atoms in total. The summed E-state index contributed by atoms with van der Waals surface area (Å²) >= 11 is 0. The Balaban J connectivity index is 0.000000112. The number of hydrogen-bond acceptors (Lipinski definition) is 4. The highest BCUT2D eigenvalue weighted by atomic mass is 15.0. The highest BCUT2D eigenvalue weighted by Crippen LogP contribution is 2.19. The summed E-state index contributed by atoms with van der Waals surface area (Å²) in [6.45, 7) is 4.56. The maximum atomic E-state index is 4.02. The van der Waals surface area contributed by atoms with Crippen LogP contribution in [-0.4, -0.2) is 38.6 Å². The van der Waals surface area contributed by atoms with Crippen molar-refractivity contribution in [1.29, 1.82) is 0 Å². The summed E-state index contributed by atoms with van der Waals surface area (Å²) in [5.74, 6) is 0. The largest absolute Gasteiger partial charge is 0.314 e. The van der Waals surface area contributed by atoms with Crippen molar-refractivity contribution in [2.75, 3.05) is 26.2 Å². The quantitative estimate of drug-likeness (QED) is 0.569. The lowest BCUT2D eigenvalue weighted by atomic mass is 10.4. The van der Waals surface area contributed by atoms with Gasteiger partial charge in [-0.15, -0.1) is 0 Å². The zero-order valence-electron chi connectivity index (χ0n) is 8.03. The van der Waals surface area contributed by atoms with Gasteiger partial charge in [0, 0.05) is 38.6 Å². The summed E-state index contributed by atoms with van der Waals surface area (Å²) in [6.07, 6.45) is 7.32. The molecule has 74 valence electrons. The van der Waals surface area contributed by atoms with Gasteiger partial charge in [-0.3, -0.25) is 9.98 Å². The molecule has 0 aromatic heterocycles. The maximum absolute atomic E-state index is 4.02. The van der Waals surface area contributed by atoms with E-state index in [0.717, 1.165) is 37.6 Å². The minimum Gasteiger partial charge on any atom is -0.314 e. The van der Waals surface area contributed by atoms with Crippen LogP contribution < -0.4 is 10.6 Å². The van der Waals surface area contributed by atoms with Crippen LogP contribution in [-0.2, 0) is 0 Å². The van der Waals surface area contributed by atoms with Gasteiger partial charge in [-0.1, -0.05) is 0 Å². The van der Waals surface area contributed by atoms with Gasteiger partial charge >= 0.3 is 0 Å². The third kappa shape index (κ3) is 2.37. The van der Waals surface area contributed by atoms with E-state index in [1.54, 1.807) is 12.4 Å². The Morgan fingerprint density at radius 1 is 0.786 bits per heavy atom. The van der Waals surface area contributed by atoms with Crippen LogP contribution in [0.5, 0.6) is 0 Å². The van der Waals surface area contributed by atoms with Gasteiger partial charge in [0.25, 0.3) is 0 Å². The number of allylic oxidation sites excluding steroid dienone is 2. The van der Waals surface area contributed by atoms with Gasteiger partial charge in [-0.05, 0) is 12.2 Å². The second-order valence-corrected chi connectivity index (χ2v) is 3.16. The number of fused-ring (bicyclic) bond motifs is 1. The summed E-state index contributed by atoms with van der Waals surface area (Å²) in [5, 5.41) is 6.44. The zero-order chi connectivity index (χ0) is 9.64. The van der Waals surface area contributed by atoms with E-state index in [2.05, 4.69) is 20.6 Å². The van der Waals surface area contributed by atoms with Crippen LogP contribution in [0.3, 0.4) is 0 Å². The van der Waals surface area contributed by atoms with E-state index in [0.29, 0.717) is 0 Å². The Kier molecular flexibility index (Phi) is 3.21. The topological polar surface area (TPSA) is 48.8 Å². The van der Waals surface area contributed by atoms with E-state index < -0.39 is 0 Å². The SMILES string of the molecule is C1=NC2=CC=NC2=C1.C1CNCCN1. The van der Waals surface area contributed by atoms with Crippen LogP contribution in [0.25, 0.3) is 0 Å². The standard InChI is InChI=1S/C6H4N2.C4H10N2/c1-3-7-6-2-4-8-5(1)6;1-2-6-4-3-5-1/h1-4H;5-6H,1-4H2.